The molecule has 4 rings (SSSR count). The van der Waals surface area contributed by atoms with E-state index in [2.05, 4.69) is 15.6 Å². The maximum absolute atomic E-state index is 14.5. The summed E-state index contributed by atoms with van der Waals surface area (Å²) in [7, 11) is 0. The number of benzene rings is 1. The highest BCUT2D eigenvalue weighted by atomic mass is 32.1. The van der Waals surface area contributed by atoms with Crippen LogP contribution < -0.4 is 15.4 Å². The molecule has 2 fully saturated rings. The van der Waals surface area contributed by atoms with Crippen LogP contribution in [0.2, 0.25) is 0 Å². The van der Waals surface area contributed by atoms with Crippen LogP contribution >= 0.6 is 11.3 Å². The summed E-state index contributed by atoms with van der Waals surface area (Å²) in [4.78, 5) is 58.6. The number of aryl methyl sites for hydroxylation is 1. The summed E-state index contributed by atoms with van der Waals surface area (Å²) in [6.07, 6.45) is 4.18. The molecule has 0 bridgehead atoms. The van der Waals surface area contributed by atoms with E-state index in [-0.39, 0.29) is 38.3 Å². The van der Waals surface area contributed by atoms with Gasteiger partial charge >= 0.3 is 5.97 Å². The number of halogens is 1. The number of hydrogen-bond donors (Lipinski definition) is 3. The number of carbonyl (C=O) groups is 4. The fourth-order valence-corrected chi connectivity index (χ4v) is 6.85. The molecule has 0 spiro atoms. The minimum atomic E-state index is -1.96. The molecule has 1 aromatic heterocycles. The van der Waals surface area contributed by atoms with Gasteiger partial charge in [0.15, 0.2) is 5.67 Å². The minimum Gasteiger partial charge on any atom is -0.493 e. The SMILES string of the molecule is Cc1ncsc1-c1ccc(CNC(=O)[C@@H]2C[C@@H](O)CN2C(=O)[C@@H](NC(=O)C2(F)CC2)C(C)(C)C)c(OCCCCCCCC(=O)OC(C)(C)C)c1. The molecule has 282 valence electrons. The minimum absolute atomic E-state index is 0.0418. The van der Waals surface area contributed by atoms with Gasteiger partial charge in [0.25, 0.3) is 5.91 Å². The Hall–Kier alpha value is -3.58. The third-order valence-electron chi connectivity index (χ3n) is 9.08. The lowest BCUT2D eigenvalue weighted by molar-refractivity contribution is -0.155. The van der Waals surface area contributed by atoms with E-state index in [1.807, 2.05) is 45.9 Å². The lowest BCUT2D eigenvalue weighted by Crippen LogP contribution is -2.59. The molecule has 1 aromatic carbocycles. The van der Waals surface area contributed by atoms with Crippen LogP contribution in [0.15, 0.2) is 23.7 Å². The summed E-state index contributed by atoms with van der Waals surface area (Å²) >= 11 is 1.53. The largest absolute Gasteiger partial charge is 0.493 e. The molecule has 1 aliphatic heterocycles. The standard InChI is InChI=1S/C38H55FN4O7S/c1-24-31(51-23-41-24)25-14-15-26(29(19-25)49-18-12-10-8-9-11-13-30(45)50-37(5,6)7)21-40-33(46)28-20-27(44)22-43(28)34(47)32(36(2,3)4)42-35(48)38(39)16-17-38/h14-15,19,23,27-28,32,44H,8-13,16-18,20-22H2,1-7H3,(H,40,46)(H,42,48)/t27-,28+,32-/m1/s1. The Labute approximate surface area is 305 Å². The molecule has 1 saturated heterocycles. The van der Waals surface area contributed by atoms with Gasteiger partial charge in [-0.2, -0.15) is 0 Å². The number of carbonyl (C=O) groups excluding carboxylic acids is 4. The Balaban J connectivity index is 1.37. The first-order valence-corrected chi connectivity index (χ1v) is 18.9. The summed E-state index contributed by atoms with van der Waals surface area (Å²) in [6.45, 7) is 13.4. The van der Waals surface area contributed by atoms with Crippen molar-refractivity contribution < 1.29 is 38.1 Å². The molecule has 3 N–H and O–H groups in total. The van der Waals surface area contributed by atoms with Gasteiger partial charge in [0.1, 0.15) is 23.4 Å². The molecule has 2 heterocycles. The van der Waals surface area contributed by atoms with Gasteiger partial charge in [-0.05, 0) is 70.4 Å². The van der Waals surface area contributed by atoms with Crippen molar-refractivity contribution in [2.75, 3.05) is 13.2 Å². The fourth-order valence-electron chi connectivity index (χ4n) is 6.05. The molecule has 13 heteroatoms. The van der Waals surface area contributed by atoms with Crippen molar-refractivity contribution in [2.45, 2.75) is 142 Å². The second-order valence-corrected chi connectivity index (χ2v) is 16.7. The van der Waals surface area contributed by atoms with Gasteiger partial charge in [0, 0.05) is 31.5 Å². The number of likely N-dealkylation sites (tertiary alicyclic amines) is 1. The first-order valence-electron chi connectivity index (χ1n) is 18.0. The predicted octanol–water partition coefficient (Wildman–Crippen LogP) is 5.79. The van der Waals surface area contributed by atoms with Crippen molar-refractivity contribution in [1.82, 2.24) is 20.5 Å². The molecule has 2 aromatic rings. The first-order chi connectivity index (χ1) is 23.9. The average Bonchev–Trinajstić information content (AvgIpc) is 3.45. The summed E-state index contributed by atoms with van der Waals surface area (Å²) in [5.41, 5.74) is 1.21. The second-order valence-electron chi connectivity index (χ2n) is 15.9. The highest BCUT2D eigenvalue weighted by molar-refractivity contribution is 7.13. The van der Waals surface area contributed by atoms with Gasteiger partial charge in [-0.3, -0.25) is 19.2 Å². The lowest BCUT2D eigenvalue weighted by atomic mass is 9.85. The number of aromatic nitrogens is 1. The van der Waals surface area contributed by atoms with Crippen LogP contribution in [0, 0.1) is 12.3 Å². The smallest absolute Gasteiger partial charge is 0.306 e. The third kappa shape index (κ3) is 11.5. The average molecular weight is 731 g/mol. The number of esters is 1. The van der Waals surface area contributed by atoms with E-state index in [0.717, 1.165) is 53.8 Å². The zero-order chi connectivity index (χ0) is 37.6. The van der Waals surface area contributed by atoms with E-state index in [1.54, 1.807) is 26.3 Å². The number of unbranched alkanes of at least 4 members (excludes halogenated alkanes) is 4. The Kier molecular flexibility index (Phi) is 13.3. The van der Waals surface area contributed by atoms with Gasteiger partial charge in [-0.1, -0.05) is 52.2 Å². The number of hydrogen-bond acceptors (Lipinski definition) is 9. The molecule has 1 saturated carbocycles. The van der Waals surface area contributed by atoms with E-state index in [9.17, 15) is 28.7 Å². The molecule has 11 nitrogen and oxygen atoms in total. The number of ether oxygens (including phenoxy) is 2. The molecule has 0 radical (unpaired) electrons. The number of alkyl halides is 1. The van der Waals surface area contributed by atoms with Crippen molar-refractivity contribution in [3.05, 3.63) is 35.0 Å². The summed E-state index contributed by atoms with van der Waals surface area (Å²) < 4.78 is 26.2. The molecular formula is C38H55FN4O7S. The molecule has 51 heavy (non-hydrogen) atoms. The fraction of sp³-hybridized carbons (Fsp3) is 0.658. The number of thiazole rings is 1. The van der Waals surface area contributed by atoms with Gasteiger partial charge in [-0.15, -0.1) is 11.3 Å². The number of aliphatic hydroxyl groups excluding tert-OH is 1. The molecule has 1 aliphatic carbocycles. The maximum Gasteiger partial charge on any atom is 0.306 e. The molecular weight excluding hydrogens is 676 g/mol. The third-order valence-corrected chi connectivity index (χ3v) is 10.1. The number of aliphatic hydroxyl groups is 1. The Morgan fingerprint density at radius 2 is 1.76 bits per heavy atom. The zero-order valence-corrected chi connectivity index (χ0v) is 31.9. The zero-order valence-electron chi connectivity index (χ0n) is 31.1. The number of nitrogens with one attached hydrogen (secondary N) is 2. The van der Waals surface area contributed by atoms with Crippen LogP contribution in [0.4, 0.5) is 4.39 Å². The number of amides is 3. The Morgan fingerprint density at radius 1 is 1.08 bits per heavy atom. The molecule has 3 atom stereocenters. The molecule has 2 aliphatic rings. The van der Waals surface area contributed by atoms with E-state index in [0.29, 0.717) is 18.8 Å². The lowest BCUT2D eigenvalue weighted by Gasteiger charge is -2.35. The molecule has 3 amide bonds. The number of β-amino-alcohol motifs (C(OH)–C–C–N with tert-alkyl or cyclic N) is 1. The number of nitrogens with zero attached hydrogens (tertiary/aromatic N) is 2. The van der Waals surface area contributed by atoms with Gasteiger partial charge in [0.2, 0.25) is 11.8 Å². The van der Waals surface area contributed by atoms with E-state index >= 15 is 0 Å². The van der Waals surface area contributed by atoms with E-state index in [4.69, 9.17) is 9.47 Å². The van der Waals surface area contributed by atoms with Gasteiger partial charge < -0.3 is 30.1 Å². The van der Waals surface area contributed by atoms with Crippen molar-refractivity contribution in [3.8, 4) is 16.2 Å². The topological polar surface area (TPSA) is 147 Å². The predicted molar refractivity (Wildman–Crippen MR) is 194 cm³/mol. The van der Waals surface area contributed by atoms with Crippen molar-refractivity contribution in [2.24, 2.45) is 5.41 Å². The highest BCUT2D eigenvalue weighted by Gasteiger charge is 2.53. The second kappa shape index (κ2) is 16.8. The van der Waals surface area contributed by atoms with E-state index in [1.165, 1.54) is 16.2 Å². The summed E-state index contributed by atoms with van der Waals surface area (Å²) in [5.74, 6) is -1.34. The van der Waals surface area contributed by atoms with Crippen molar-refractivity contribution in [3.63, 3.8) is 0 Å². The van der Waals surface area contributed by atoms with Crippen molar-refractivity contribution >= 4 is 35.0 Å². The maximum atomic E-state index is 14.5. The van der Waals surface area contributed by atoms with Crippen LogP contribution in [-0.4, -0.2) is 81.3 Å². The van der Waals surface area contributed by atoms with Gasteiger partial charge in [-0.25, -0.2) is 9.37 Å². The highest BCUT2D eigenvalue weighted by Crippen LogP contribution is 2.40. The van der Waals surface area contributed by atoms with Crippen LogP contribution in [0.1, 0.15) is 111 Å². The monoisotopic (exact) mass is 730 g/mol. The van der Waals surface area contributed by atoms with Crippen molar-refractivity contribution in [1.29, 1.82) is 0 Å². The van der Waals surface area contributed by atoms with Crippen LogP contribution in [0.25, 0.3) is 10.4 Å². The number of rotatable bonds is 16. The first kappa shape index (κ1) is 40.2. The van der Waals surface area contributed by atoms with Crippen LogP contribution in [0.3, 0.4) is 0 Å². The summed E-state index contributed by atoms with van der Waals surface area (Å²) in [5, 5.41) is 16.1. The summed E-state index contributed by atoms with van der Waals surface area (Å²) in [6, 6.07) is 3.78. The molecule has 0 unspecified atom stereocenters. The van der Waals surface area contributed by atoms with Crippen LogP contribution in [0.5, 0.6) is 5.75 Å². The van der Waals surface area contributed by atoms with E-state index < -0.39 is 52.6 Å². The quantitative estimate of drug-likeness (QED) is 0.145. The van der Waals surface area contributed by atoms with Gasteiger partial charge in [0.05, 0.1) is 28.8 Å². The Bertz CT molecular complexity index is 1550. The normalized spacial score (nSPS) is 19.0. The Morgan fingerprint density at radius 3 is 2.39 bits per heavy atom. The van der Waals surface area contributed by atoms with Crippen LogP contribution in [-0.2, 0) is 30.5 Å².